The largest absolute Gasteiger partial charge is 0.391 e. The molecule has 168 valence electrons. The minimum absolute atomic E-state index is 0.144. The predicted octanol–water partition coefficient (Wildman–Crippen LogP) is 1.60. The fourth-order valence-corrected chi connectivity index (χ4v) is 4.04. The average Bonchev–Trinajstić information content (AvgIpc) is 3.19. The summed E-state index contributed by atoms with van der Waals surface area (Å²) < 4.78 is 16.3. The second-order valence-corrected chi connectivity index (χ2v) is 8.28. The third-order valence-corrected chi connectivity index (χ3v) is 6.21. The first-order chi connectivity index (χ1) is 15.4. The molecule has 2 aliphatic rings. The Hall–Kier alpha value is -3.47. The van der Waals surface area contributed by atoms with Gasteiger partial charge in [-0.25, -0.2) is 9.37 Å². The molecule has 0 aromatic carbocycles. The number of amides is 1. The molecule has 0 radical (unpaired) electrons. The van der Waals surface area contributed by atoms with Crippen LogP contribution in [0.4, 0.5) is 21.7 Å². The number of hydrogen-bond acceptors (Lipinski definition) is 7. The third-order valence-electron chi connectivity index (χ3n) is 6.21. The lowest BCUT2D eigenvalue weighted by molar-refractivity contribution is 0.0448. The van der Waals surface area contributed by atoms with Gasteiger partial charge in [0, 0.05) is 25.4 Å². The van der Waals surface area contributed by atoms with Crippen molar-refractivity contribution in [2.24, 2.45) is 0 Å². The lowest BCUT2D eigenvalue weighted by Crippen LogP contribution is -2.50. The van der Waals surface area contributed by atoms with Gasteiger partial charge in [0.2, 0.25) is 0 Å². The summed E-state index contributed by atoms with van der Waals surface area (Å²) in [5.74, 6) is 0.547. The summed E-state index contributed by atoms with van der Waals surface area (Å²) >= 11 is 0. The van der Waals surface area contributed by atoms with Crippen LogP contribution in [-0.2, 0) is 0 Å². The van der Waals surface area contributed by atoms with Crippen LogP contribution in [-0.4, -0.2) is 55.5 Å². The number of rotatable bonds is 6. The van der Waals surface area contributed by atoms with Crippen molar-refractivity contribution in [2.45, 2.75) is 50.0 Å². The molecule has 0 saturated heterocycles. The molecule has 3 aromatic heterocycles. The van der Waals surface area contributed by atoms with E-state index in [9.17, 15) is 19.1 Å². The molecule has 1 amide bonds. The molecule has 3 aromatic rings. The molecule has 32 heavy (non-hydrogen) atoms. The first-order valence-electron chi connectivity index (χ1n) is 10.6. The monoisotopic (exact) mass is 441 g/mol. The number of aliphatic hydroxyl groups excluding tert-OH is 1. The average molecular weight is 441 g/mol. The van der Waals surface area contributed by atoms with Crippen LogP contribution in [0, 0.1) is 0 Å². The minimum Gasteiger partial charge on any atom is -0.391 e. The van der Waals surface area contributed by atoms with Gasteiger partial charge in [0.1, 0.15) is 29.1 Å². The number of anilines is 3. The minimum atomic E-state index is -0.863. The van der Waals surface area contributed by atoms with Gasteiger partial charge in [-0.3, -0.25) is 9.59 Å². The number of aromatic nitrogens is 4. The summed E-state index contributed by atoms with van der Waals surface area (Å²) in [6.07, 6.45) is 3.74. The van der Waals surface area contributed by atoms with E-state index in [4.69, 9.17) is 0 Å². The Morgan fingerprint density at radius 1 is 1.31 bits per heavy atom. The van der Waals surface area contributed by atoms with Crippen LogP contribution in [0.1, 0.15) is 42.1 Å². The molecule has 3 heterocycles. The molecule has 11 heteroatoms. The highest BCUT2D eigenvalue weighted by molar-refractivity contribution is 6.00. The van der Waals surface area contributed by atoms with Crippen LogP contribution >= 0.6 is 0 Å². The molecular weight excluding hydrogens is 417 g/mol. The van der Waals surface area contributed by atoms with Gasteiger partial charge < -0.3 is 25.6 Å². The maximum absolute atomic E-state index is 13.3. The Morgan fingerprint density at radius 3 is 2.78 bits per heavy atom. The van der Waals surface area contributed by atoms with Crippen molar-refractivity contribution in [1.29, 1.82) is 0 Å². The molecule has 2 aliphatic carbocycles. The van der Waals surface area contributed by atoms with Gasteiger partial charge in [-0.2, -0.15) is 9.61 Å². The zero-order valence-electron chi connectivity index (χ0n) is 17.5. The summed E-state index contributed by atoms with van der Waals surface area (Å²) in [6.45, 7) is 0. The van der Waals surface area contributed by atoms with Crippen LogP contribution in [0.25, 0.3) is 5.65 Å². The Kier molecular flexibility index (Phi) is 5.04. The quantitative estimate of drug-likeness (QED) is 0.458. The molecule has 0 spiro atoms. The van der Waals surface area contributed by atoms with Crippen molar-refractivity contribution in [3.63, 3.8) is 0 Å². The van der Waals surface area contributed by atoms with Gasteiger partial charge in [-0.05, 0) is 37.8 Å². The Bertz CT molecular complexity index is 1230. The topological polar surface area (TPSA) is 126 Å². The smallest absolute Gasteiger partial charge is 0.274 e. The highest BCUT2D eigenvalue weighted by Crippen LogP contribution is 2.33. The number of carbonyl (C=O) groups is 1. The second-order valence-electron chi connectivity index (χ2n) is 8.28. The number of fused-ring (bicyclic) bond motifs is 1. The fraction of sp³-hybridized carbons (Fsp3) is 0.429. The van der Waals surface area contributed by atoms with Crippen molar-refractivity contribution < 1.29 is 14.3 Å². The van der Waals surface area contributed by atoms with Gasteiger partial charge in [0.15, 0.2) is 5.65 Å². The normalized spacial score (nSPS) is 24.5. The summed E-state index contributed by atoms with van der Waals surface area (Å²) in [4.78, 5) is 30.1. The SMILES string of the molecule is CNc1cc(Nc2cccn([C@H]3C[C@H](F)C3)c2=O)nc2c(C(=O)NC3CCC3O)cnn12. The molecule has 0 bridgehead atoms. The van der Waals surface area contributed by atoms with E-state index in [1.807, 2.05) is 0 Å². The molecule has 2 fully saturated rings. The van der Waals surface area contributed by atoms with E-state index in [1.165, 1.54) is 15.3 Å². The van der Waals surface area contributed by atoms with Crippen LogP contribution < -0.4 is 21.5 Å². The molecular formula is C21H24FN7O3. The van der Waals surface area contributed by atoms with E-state index in [1.54, 1.807) is 31.4 Å². The summed E-state index contributed by atoms with van der Waals surface area (Å²) in [7, 11) is 1.71. The molecule has 0 aliphatic heterocycles. The maximum atomic E-state index is 13.3. The van der Waals surface area contributed by atoms with Crippen LogP contribution in [0.5, 0.6) is 0 Å². The van der Waals surface area contributed by atoms with Gasteiger partial charge in [0.25, 0.3) is 11.5 Å². The summed E-state index contributed by atoms with van der Waals surface area (Å²) in [5.41, 5.74) is 0.610. The first-order valence-corrected chi connectivity index (χ1v) is 10.6. The van der Waals surface area contributed by atoms with E-state index in [0.717, 1.165) is 6.42 Å². The Morgan fingerprint density at radius 2 is 2.12 bits per heavy atom. The van der Waals surface area contributed by atoms with Crippen LogP contribution in [0.3, 0.4) is 0 Å². The number of aliphatic hydroxyl groups is 1. The second kappa shape index (κ2) is 7.90. The number of hydrogen-bond donors (Lipinski definition) is 4. The standard InChI is InChI=1S/C21H24FN7O3/c1-23-18-9-17(25-15-3-2-6-28(21(15)32)12-7-11(22)8-12)27-19-13(10-24-29(18)19)20(31)26-14-4-5-16(14)30/h2-3,6,9-12,14,16,23,30H,4-5,7-8H2,1H3,(H,25,27)(H,26,31)/t11-,12-,14?,16?. The fourth-order valence-electron chi connectivity index (χ4n) is 4.04. The van der Waals surface area contributed by atoms with E-state index in [2.05, 4.69) is 26.0 Å². The van der Waals surface area contributed by atoms with Crippen molar-refractivity contribution in [2.75, 3.05) is 17.7 Å². The van der Waals surface area contributed by atoms with Crippen LogP contribution in [0.15, 0.2) is 35.4 Å². The van der Waals surface area contributed by atoms with Crippen molar-refractivity contribution in [3.8, 4) is 0 Å². The zero-order valence-corrected chi connectivity index (χ0v) is 17.5. The van der Waals surface area contributed by atoms with E-state index in [0.29, 0.717) is 42.2 Å². The molecule has 10 nitrogen and oxygen atoms in total. The third kappa shape index (κ3) is 3.48. The summed E-state index contributed by atoms with van der Waals surface area (Å²) in [6, 6.07) is 4.62. The Labute approximate surface area is 182 Å². The first kappa shape index (κ1) is 20.4. The van der Waals surface area contributed by atoms with E-state index in [-0.39, 0.29) is 29.1 Å². The number of nitrogens with zero attached hydrogens (tertiary/aromatic N) is 4. The number of pyridine rings is 1. The van der Waals surface area contributed by atoms with E-state index < -0.39 is 12.3 Å². The van der Waals surface area contributed by atoms with Crippen molar-refractivity contribution in [3.05, 3.63) is 46.5 Å². The highest BCUT2D eigenvalue weighted by atomic mass is 19.1. The lowest BCUT2D eigenvalue weighted by Gasteiger charge is -2.32. The molecule has 2 atom stereocenters. The zero-order chi connectivity index (χ0) is 22.4. The Balaban J connectivity index is 1.46. The number of carbonyl (C=O) groups excluding carboxylic acids is 1. The van der Waals surface area contributed by atoms with Gasteiger partial charge in [-0.1, -0.05) is 0 Å². The predicted molar refractivity (Wildman–Crippen MR) is 116 cm³/mol. The van der Waals surface area contributed by atoms with Crippen molar-refractivity contribution >= 4 is 28.9 Å². The van der Waals surface area contributed by atoms with E-state index >= 15 is 0 Å². The summed E-state index contributed by atoms with van der Waals surface area (Å²) in [5, 5.41) is 22.9. The molecule has 2 unspecified atom stereocenters. The van der Waals surface area contributed by atoms with Crippen LogP contribution in [0.2, 0.25) is 0 Å². The number of halogens is 1. The van der Waals surface area contributed by atoms with Gasteiger partial charge in [-0.15, -0.1) is 0 Å². The number of nitrogens with one attached hydrogen (secondary N) is 3. The molecule has 4 N–H and O–H groups in total. The van der Waals surface area contributed by atoms with Gasteiger partial charge >= 0.3 is 0 Å². The maximum Gasteiger partial charge on any atom is 0.274 e. The molecule has 5 rings (SSSR count). The van der Waals surface area contributed by atoms with Gasteiger partial charge in [0.05, 0.1) is 18.3 Å². The highest BCUT2D eigenvalue weighted by Gasteiger charge is 2.32. The lowest BCUT2D eigenvalue weighted by atomic mass is 9.89. The van der Waals surface area contributed by atoms with Crippen molar-refractivity contribution in [1.82, 2.24) is 24.5 Å². The number of alkyl halides is 1. The molecule has 2 saturated carbocycles.